The van der Waals surface area contributed by atoms with E-state index in [-0.39, 0.29) is 18.4 Å². The van der Waals surface area contributed by atoms with Crippen LogP contribution in [0.4, 0.5) is 0 Å². The number of aliphatic hydroxyl groups excluding tert-OH is 1. The maximum absolute atomic E-state index is 12.2. The molecule has 2 N–H and O–H groups in total. The van der Waals surface area contributed by atoms with Crippen molar-refractivity contribution >= 4 is 16.7 Å². The molecule has 4 nitrogen and oxygen atoms in total. The molecule has 2 aromatic carbocycles. The van der Waals surface area contributed by atoms with Crippen LogP contribution < -0.4 is 5.32 Å². The molecule has 0 bridgehead atoms. The summed E-state index contributed by atoms with van der Waals surface area (Å²) in [5.74, 6) is -0.0646. The number of nitrogens with one attached hydrogen (secondary N) is 1. The number of benzene rings is 2. The van der Waals surface area contributed by atoms with Gasteiger partial charge in [-0.1, -0.05) is 48.5 Å². The summed E-state index contributed by atoms with van der Waals surface area (Å²) < 4.78 is 0. The molecular formula is C21H22N2O2. The van der Waals surface area contributed by atoms with Gasteiger partial charge in [0.1, 0.15) is 0 Å². The first kappa shape index (κ1) is 17.1. The lowest BCUT2D eigenvalue weighted by atomic mass is 10.0. The van der Waals surface area contributed by atoms with E-state index >= 15 is 0 Å². The van der Waals surface area contributed by atoms with Gasteiger partial charge in [-0.2, -0.15) is 0 Å². The maximum atomic E-state index is 12.2. The van der Waals surface area contributed by atoms with Crippen LogP contribution in [-0.2, 0) is 17.6 Å². The monoisotopic (exact) mass is 334 g/mol. The highest BCUT2D eigenvalue weighted by Gasteiger charge is 2.12. The molecule has 0 radical (unpaired) electrons. The Labute approximate surface area is 147 Å². The van der Waals surface area contributed by atoms with Gasteiger partial charge in [0, 0.05) is 31.0 Å². The van der Waals surface area contributed by atoms with E-state index in [4.69, 9.17) is 0 Å². The average Bonchev–Trinajstić information content (AvgIpc) is 2.66. The smallest absolute Gasteiger partial charge is 0.224 e. The molecule has 25 heavy (non-hydrogen) atoms. The van der Waals surface area contributed by atoms with Crippen molar-refractivity contribution in [3.8, 4) is 0 Å². The second kappa shape index (κ2) is 8.40. The highest BCUT2D eigenvalue weighted by molar-refractivity contribution is 5.85. The molecule has 3 aromatic rings. The highest BCUT2D eigenvalue weighted by Crippen LogP contribution is 2.16. The molecule has 128 valence electrons. The molecule has 1 atom stereocenters. The summed E-state index contributed by atoms with van der Waals surface area (Å²) in [5.41, 5.74) is 1.91. The van der Waals surface area contributed by atoms with Crippen LogP contribution in [0.25, 0.3) is 10.8 Å². The zero-order chi connectivity index (χ0) is 17.5. The van der Waals surface area contributed by atoms with Crippen molar-refractivity contribution in [3.05, 3.63) is 78.1 Å². The van der Waals surface area contributed by atoms with E-state index in [9.17, 15) is 9.90 Å². The van der Waals surface area contributed by atoms with Crippen LogP contribution in [0.15, 0.2) is 66.9 Å². The standard InChI is InChI=1S/C21H22N2O2/c24-15-17(12-20-7-3-4-10-22-20)14-23-21(25)13-16-8-9-18-5-1-2-6-19(18)11-16/h1-11,17,24H,12-15H2,(H,23,25). The first-order valence-electron chi connectivity index (χ1n) is 8.50. The zero-order valence-corrected chi connectivity index (χ0v) is 14.1. The minimum atomic E-state index is -0.0326. The number of nitrogens with zero attached hydrogens (tertiary/aromatic N) is 1. The van der Waals surface area contributed by atoms with Crippen molar-refractivity contribution in [1.82, 2.24) is 10.3 Å². The SMILES string of the molecule is O=C(Cc1ccc2ccccc2c1)NCC(CO)Cc1ccccn1. The molecule has 1 amide bonds. The Morgan fingerprint density at radius 3 is 2.60 bits per heavy atom. The van der Waals surface area contributed by atoms with Crippen LogP contribution in [0.2, 0.25) is 0 Å². The van der Waals surface area contributed by atoms with Gasteiger partial charge in [0.25, 0.3) is 0 Å². The lowest BCUT2D eigenvalue weighted by Gasteiger charge is -2.15. The van der Waals surface area contributed by atoms with Crippen LogP contribution in [0, 0.1) is 5.92 Å². The summed E-state index contributed by atoms with van der Waals surface area (Å²) in [5, 5.41) is 14.8. The Morgan fingerprint density at radius 1 is 1.04 bits per heavy atom. The van der Waals surface area contributed by atoms with Crippen molar-refractivity contribution in [3.63, 3.8) is 0 Å². The second-order valence-corrected chi connectivity index (χ2v) is 6.24. The predicted octanol–water partition coefficient (Wildman–Crippen LogP) is 2.74. The summed E-state index contributed by atoms with van der Waals surface area (Å²) in [4.78, 5) is 16.5. The van der Waals surface area contributed by atoms with Crippen molar-refractivity contribution < 1.29 is 9.90 Å². The largest absolute Gasteiger partial charge is 0.396 e. The number of hydrogen-bond donors (Lipinski definition) is 2. The normalized spacial score (nSPS) is 12.0. The Balaban J connectivity index is 1.54. The number of aromatic nitrogens is 1. The van der Waals surface area contributed by atoms with E-state index in [0.29, 0.717) is 19.4 Å². The van der Waals surface area contributed by atoms with Crippen molar-refractivity contribution in [1.29, 1.82) is 0 Å². The number of aliphatic hydroxyl groups is 1. The van der Waals surface area contributed by atoms with E-state index < -0.39 is 0 Å². The predicted molar refractivity (Wildman–Crippen MR) is 99.2 cm³/mol. The van der Waals surface area contributed by atoms with E-state index in [1.165, 1.54) is 5.39 Å². The average molecular weight is 334 g/mol. The number of hydrogen-bond acceptors (Lipinski definition) is 3. The summed E-state index contributed by atoms with van der Waals surface area (Å²) in [6, 6.07) is 19.9. The first-order chi connectivity index (χ1) is 12.2. The molecule has 0 fully saturated rings. The molecule has 0 aliphatic rings. The summed E-state index contributed by atoms with van der Waals surface area (Å²) in [6.07, 6.45) is 2.72. The fraction of sp³-hybridized carbons (Fsp3) is 0.238. The van der Waals surface area contributed by atoms with Crippen LogP contribution in [0.3, 0.4) is 0 Å². The molecule has 1 aromatic heterocycles. The zero-order valence-electron chi connectivity index (χ0n) is 14.1. The van der Waals surface area contributed by atoms with Gasteiger partial charge in [-0.25, -0.2) is 0 Å². The van der Waals surface area contributed by atoms with Crippen LogP contribution in [-0.4, -0.2) is 29.1 Å². The van der Waals surface area contributed by atoms with Gasteiger partial charge in [0.15, 0.2) is 0 Å². The number of amides is 1. The van der Waals surface area contributed by atoms with Gasteiger partial charge < -0.3 is 10.4 Å². The number of carbonyl (C=O) groups excluding carboxylic acids is 1. The van der Waals surface area contributed by atoms with Gasteiger partial charge in [-0.05, 0) is 34.9 Å². The van der Waals surface area contributed by atoms with Crippen molar-refractivity contribution in [2.45, 2.75) is 12.8 Å². The van der Waals surface area contributed by atoms with Crippen LogP contribution >= 0.6 is 0 Å². The Bertz CT molecular complexity index is 833. The van der Waals surface area contributed by atoms with Crippen molar-refractivity contribution in [2.24, 2.45) is 5.92 Å². The molecule has 1 unspecified atom stereocenters. The lowest BCUT2D eigenvalue weighted by Crippen LogP contribution is -2.33. The van der Waals surface area contributed by atoms with Crippen LogP contribution in [0.1, 0.15) is 11.3 Å². The van der Waals surface area contributed by atoms with E-state index in [0.717, 1.165) is 16.6 Å². The molecule has 1 heterocycles. The Hall–Kier alpha value is -2.72. The third-order valence-electron chi connectivity index (χ3n) is 4.25. The van der Waals surface area contributed by atoms with Gasteiger partial charge in [0.2, 0.25) is 5.91 Å². The minimum Gasteiger partial charge on any atom is -0.396 e. The minimum absolute atomic E-state index is 0.0207. The second-order valence-electron chi connectivity index (χ2n) is 6.24. The summed E-state index contributed by atoms with van der Waals surface area (Å²) in [6.45, 7) is 0.465. The fourth-order valence-corrected chi connectivity index (χ4v) is 2.87. The molecule has 3 rings (SSSR count). The molecule has 4 heteroatoms. The fourth-order valence-electron chi connectivity index (χ4n) is 2.87. The summed E-state index contributed by atoms with van der Waals surface area (Å²) in [7, 11) is 0. The number of fused-ring (bicyclic) bond motifs is 1. The van der Waals surface area contributed by atoms with Gasteiger partial charge in [-0.15, -0.1) is 0 Å². The quantitative estimate of drug-likeness (QED) is 0.698. The number of pyridine rings is 1. The lowest BCUT2D eigenvalue weighted by molar-refractivity contribution is -0.120. The van der Waals surface area contributed by atoms with Crippen molar-refractivity contribution in [2.75, 3.05) is 13.2 Å². The number of carbonyl (C=O) groups is 1. The molecule has 0 aliphatic carbocycles. The Morgan fingerprint density at radius 2 is 1.84 bits per heavy atom. The maximum Gasteiger partial charge on any atom is 0.224 e. The third-order valence-corrected chi connectivity index (χ3v) is 4.25. The van der Waals surface area contributed by atoms with Gasteiger partial charge >= 0.3 is 0 Å². The number of rotatable bonds is 7. The Kier molecular flexibility index (Phi) is 5.75. The molecule has 0 aliphatic heterocycles. The van der Waals surface area contributed by atoms with Gasteiger partial charge in [0.05, 0.1) is 6.42 Å². The molecular weight excluding hydrogens is 312 g/mol. The third kappa shape index (κ3) is 4.88. The van der Waals surface area contributed by atoms with E-state index in [1.807, 2.05) is 54.6 Å². The molecule has 0 saturated heterocycles. The molecule has 0 saturated carbocycles. The van der Waals surface area contributed by atoms with E-state index in [2.05, 4.69) is 16.4 Å². The first-order valence-corrected chi connectivity index (χ1v) is 8.50. The summed E-state index contributed by atoms with van der Waals surface area (Å²) >= 11 is 0. The topological polar surface area (TPSA) is 62.2 Å². The van der Waals surface area contributed by atoms with E-state index in [1.54, 1.807) is 6.20 Å². The van der Waals surface area contributed by atoms with Crippen LogP contribution in [0.5, 0.6) is 0 Å². The van der Waals surface area contributed by atoms with Gasteiger partial charge in [-0.3, -0.25) is 9.78 Å². The molecule has 0 spiro atoms. The highest BCUT2D eigenvalue weighted by atomic mass is 16.3.